The van der Waals surface area contributed by atoms with Gasteiger partial charge in [-0.1, -0.05) is 44.8 Å². The largest absolute Gasteiger partial charge is 0.497 e. The van der Waals surface area contributed by atoms with Gasteiger partial charge < -0.3 is 25.0 Å². The third-order valence-electron chi connectivity index (χ3n) is 11.9. The number of amides is 4. The number of hydrogen-bond acceptors (Lipinski definition) is 11. The maximum absolute atomic E-state index is 15.0. The molecule has 2 aromatic rings. The molecule has 0 spiro atoms. The molecule has 3 saturated carbocycles. The van der Waals surface area contributed by atoms with E-state index in [2.05, 4.69) is 25.7 Å². The molecule has 3 heterocycles. The standard InChI is InChI=1S/C39H54N8O8S/c1-3-4-16-31-32(47-43-34(42-45-47)25-17-19-27(54-2)20-18-25)23-33-35(48)41-39(37(50)44-56(52,53)29-21-22-29)24-26(39)12-8-6-5-7-9-15-30(36(49)46(31)33)40-38(51)55-28-13-10-11-14-28/h8,12,17-20,26,28-33H,3-7,9-11,13-16,21-24H2,1-2H3,(H,40,51)(H,41,48)(H,44,50)/b12-8-/t26?,30?,31-,32+,33?,39?/m0/s1. The molecule has 7 rings (SSSR count). The number of nitrogens with zero attached hydrogens (tertiary/aromatic N) is 5. The normalized spacial score (nSPS) is 29.2. The summed E-state index contributed by atoms with van der Waals surface area (Å²) in [5, 5.41) is 18.7. The number of tetrazole rings is 1. The van der Waals surface area contributed by atoms with Crippen LogP contribution in [-0.2, 0) is 29.1 Å². The Morgan fingerprint density at radius 1 is 1.02 bits per heavy atom. The van der Waals surface area contributed by atoms with E-state index in [0.717, 1.165) is 51.4 Å². The highest BCUT2D eigenvalue weighted by Gasteiger charge is 2.62. The number of alkyl carbamates (subject to hydrolysis) is 1. The predicted molar refractivity (Wildman–Crippen MR) is 204 cm³/mol. The van der Waals surface area contributed by atoms with Gasteiger partial charge >= 0.3 is 6.09 Å². The van der Waals surface area contributed by atoms with Crippen molar-refractivity contribution >= 4 is 33.8 Å². The van der Waals surface area contributed by atoms with Crippen molar-refractivity contribution in [3.05, 3.63) is 36.4 Å². The van der Waals surface area contributed by atoms with E-state index in [0.29, 0.717) is 55.7 Å². The first kappa shape index (κ1) is 39.7. The molecule has 1 saturated heterocycles. The average Bonchev–Trinajstić information content (AvgIpc) is 3.97. The fourth-order valence-electron chi connectivity index (χ4n) is 8.47. The maximum atomic E-state index is 15.0. The Kier molecular flexibility index (Phi) is 12.0. The van der Waals surface area contributed by atoms with E-state index in [-0.39, 0.29) is 18.9 Å². The number of sulfonamides is 1. The second-order valence-electron chi connectivity index (χ2n) is 16.0. The number of nitrogens with one attached hydrogen (secondary N) is 3. The highest BCUT2D eigenvalue weighted by molar-refractivity contribution is 7.91. The van der Waals surface area contributed by atoms with Gasteiger partial charge in [0, 0.05) is 17.9 Å². The number of carbonyl (C=O) groups excluding carboxylic acids is 4. The Morgan fingerprint density at radius 2 is 1.77 bits per heavy atom. The minimum Gasteiger partial charge on any atom is -0.497 e. The van der Waals surface area contributed by atoms with Gasteiger partial charge in [-0.25, -0.2) is 13.2 Å². The molecule has 2 aliphatic heterocycles. The lowest BCUT2D eigenvalue weighted by atomic mass is 10.0. The van der Waals surface area contributed by atoms with Crippen LogP contribution in [0.3, 0.4) is 0 Å². The molecular weight excluding hydrogens is 741 g/mol. The number of unbranched alkanes of at least 4 members (excludes halogenated alkanes) is 1. The van der Waals surface area contributed by atoms with Gasteiger partial charge in [0.1, 0.15) is 29.5 Å². The molecule has 16 nitrogen and oxygen atoms in total. The van der Waals surface area contributed by atoms with Crippen molar-refractivity contribution in [3.63, 3.8) is 0 Å². The molecule has 304 valence electrons. The van der Waals surface area contributed by atoms with Crippen LogP contribution in [0.4, 0.5) is 4.79 Å². The maximum Gasteiger partial charge on any atom is 0.408 e. The van der Waals surface area contributed by atoms with Gasteiger partial charge in [0.2, 0.25) is 27.7 Å². The molecule has 1 aromatic carbocycles. The number of aromatic nitrogens is 4. The van der Waals surface area contributed by atoms with E-state index >= 15 is 4.79 Å². The summed E-state index contributed by atoms with van der Waals surface area (Å²) in [5.41, 5.74) is -0.798. The number of carbonyl (C=O) groups is 4. The lowest BCUT2D eigenvalue weighted by Gasteiger charge is -2.34. The first-order valence-corrected chi connectivity index (χ1v) is 21.9. The second kappa shape index (κ2) is 16.9. The topological polar surface area (TPSA) is 204 Å². The summed E-state index contributed by atoms with van der Waals surface area (Å²) in [4.78, 5) is 60.0. The first-order chi connectivity index (χ1) is 27.0. The van der Waals surface area contributed by atoms with Crippen LogP contribution >= 0.6 is 0 Å². The van der Waals surface area contributed by atoms with E-state index in [1.807, 2.05) is 31.2 Å². The summed E-state index contributed by atoms with van der Waals surface area (Å²) in [6.45, 7) is 2.04. The zero-order chi connectivity index (χ0) is 39.5. The van der Waals surface area contributed by atoms with E-state index in [4.69, 9.17) is 14.6 Å². The van der Waals surface area contributed by atoms with E-state index in [1.54, 1.807) is 24.1 Å². The number of fused-ring (bicyclic) bond motifs is 2. The number of hydrogen-bond donors (Lipinski definition) is 3. The molecule has 3 aliphatic carbocycles. The van der Waals surface area contributed by atoms with Crippen molar-refractivity contribution in [1.82, 2.24) is 40.5 Å². The fourth-order valence-corrected chi connectivity index (χ4v) is 9.83. The molecular formula is C39H54N8O8S. The molecule has 1 aromatic heterocycles. The van der Waals surface area contributed by atoms with Crippen LogP contribution < -0.4 is 20.1 Å². The van der Waals surface area contributed by atoms with Crippen LogP contribution in [0, 0.1) is 5.92 Å². The molecule has 17 heteroatoms. The molecule has 4 unspecified atom stereocenters. The summed E-state index contributed by atoms with van der Waals surface area (Å²) < 4.78 is 39.2. The third-order valence-corrected chi connectivity index (χ3v) is 13.8. The third kappa shape index (κ3) is 8.71. The lowest BCUT2D eigenvalue weighted by Crippen LogP contribution is -2.59. The Labute approximate surface area is 327 Å². The number of rotatable bonds is 11. The number of methoxy groups -OCH3 is 1. The number of allylic oxidation sites excluding steroid dienone is 1. The molecule has 4 fully saturated rings. The number of benzene rings is 1. The van der Waals surface area contributed by atoms with Crippen LogP contribution in [-0.4, -0.2) is 99.5 Å². The van der Waals surface area contributed by atoms with E-state index < -0.39 is 74.7 Å². The summed E-state index contributed by atoms with van der Waals surface area (Å²) in [7, 11) is -2.32. The average molecular weight is 795 g/mol. The minimum absolute atomic E-state index is 0.0994. The predicted octanol–water partition coefficient (Wildman–Crippen LogP) is 4.09. The van der Waals surface area contributed by atoms with Gasteiger partial charge in [-0.3, -0.25) is 19.1 Å². The Bertz CT molecular complexity index is 1890. The van der Waals surface area contributed by atoms with Gasteiger partial charge in [0.05, 0.1) is 24.4 Å². The van der Waals surface area contributed by atoms with Crippen molar-refractivity contribution in [2.24, 2.45) is 5.92 Å². The highest BCUT2D eigenvalue weighted by atomic mass is 32.2. The summed E-state index contributed by atoms with van der Waals surface area (Å²) in [6, 6.07) is 4.00. The van der Waals surface area contributed by atoms with Crippen molar-refractivity contribution < 1.29 is 37.1 Å². The van der Waals surface area contributed by atoms with Gasteiger partial charge in [-0.2, -0.15) is 4.80 Å². The zero-order valence-corrected chi connectivity index (χ0v) is 33.0. The molecule has 0 radical (unpaired) electrons. The summed E-state index contributed by atoms with van der Waals surface area (Å²) in [6.07, 6.45) is 13.1. The van der Waals surface area contributed by atoms with Gasteiger partial charge in [0.15, 0.2) is 0 Å². The van der Waals surface area contributed by atoms with Crippen LogP contribution in [0.2, 0.25) is 0 Å². The quantitative estimate of drug-likeness (QED) is 0.277. The molecule has 0 bridgehead atoms. The van der Waals surface area contributed by atoms with Crippen molar-refractivity contribution in [3.8, 4) is 17.1 Å². The van der Waals surface area contributed by atoms with Gasteiger partial charge in [-0.15, -0.1) is 10.2 Å². The van der Waals surface area contributed by atoms with Crippen LogP contribution in [0.25, 0.3) is 11.4 Å². The molecule has 3 N–H and O–H groups in total. The molecule has 5 aliphatic rings. The summed E-state index contributed by atoms with van der Waals surface area (Å²) in [5.74, 6) is -1.19. The van der Waals surface area contributed by atoms with Crippen LogP contribution in [0.5, 0.6) is 5.75 Å². The van der Waals surface area contributed by atoms with Gasteiger partial charge in [-0.05, 0) is 100 Å². The zero-order valence-electron chi connectivity index (χ0n) is 32.2. The Morgan fingerprint density at radius 3 is 2.48 bits per heavy atom. The van der Waals surface area contributed by atoms with Crippen LogP contribution in [0.1, 0.15) is 116 Å². The lowest BCUT2D eigenvalue weighted by molar-refractivity contribution is -0.143. The smallest absolute Gasteiger partial charge is 0.408 e. The molecule has 56 heavy (non-hydrogen) atoms. The SMILES string of the molecule is CCCC[C@H]1[C@H](n2nnc(-c3ccc(OC)cc3)n2)CC2C(=O)NC3(C(=O)NS(=O)(=O)C4CC4)CC3/C=C\CCCCCC(NC(=O)OC3CCCC3)C(=O)N21. The first-order valence-electron chi connectivity index (χ1n) is 20.3. The monoisotopic (exact) mass is 794 g/mol. The Hall–Kier alpha value is -4.54. The van der Waals surface area contributed by atoms with Crippen molar-refractivity contribution in [1.29, 1.82) is 0 Å². The second-order valence-corrected chi connectivity index (χ2v) is 17.9. The minimum atomic E-state index is -3.90. The Balaban J connectivity index is 1.23. The fraction of sp³-hybridized carbons (Fsp3) is 0.667. The highest BCUT2D eigenvalue weighted by Crippen LogP contribution is 2.47. The van der Waals surface area contributed by atoms with Crippen molar-refractivity contribution in [2.75, 3.05) is 7.11 Å². The molecule has 6 atom stereocenters. The number of ether oxygens (including phenoxy) is 2. The van der Waals surface area contributed by atoms with Crippen LogP contribution in [0.15, 0.2) is 36.4 Å². The van der Waals surface area contributed by atoms with Crippen molar-refractivity contribution in [2.45, 2.75) is 151 Å². The summed E-state index contributed by atoms with van der Waals surface area (Å²) >= 11 is 0. The van der Waals surface area contributed by atoms with E-state index in [1.165, 1.54) is 4.80 Å². The van der Waals surface area contributed by atoms with E-state index in [9.17, 15) is 22.8 Å². The van der Waals surface area contributed by atoms with Gasteiger partial charge in [0.25, 0.3) is 5.91 Å². The molecule has 4 amide bonds.